The number of benzene rings is 1. The quantitative estimate of drug-likeness (QED) is 0.530. The first-order valence-corrected chi connectivity index (χ1v) is 13.6. The molecule has 3 heterocycles. The lowest BCUT2D eigenvalue weighted by Crippen LogP contribution is -2.41. The first-order chi connectivity index (χ1) is 17.0. The number of halogens is 1. The normalized spacial score (nSPS) is 21.8. The Morgan fingerprint density at radius 2 is 1.66 bits per heavy atom. The summed E-state index contributed by atoms with van der Waals surface area (Å²) in [6.07, 6.45) is 9.38. The van der Waals surface area contributed by atoms with Crippen LogP contribution < -0.4 is 20.4 Å². The third kappa shape index (κ3) is 5.68. The Balaban J connectivity index is 1.31. The smallest absolute Gasteiger partial charge is 0.232 e. The average Bonchev–Trinajstić information content (AvgIpc) is 3.56. The zero-order chi connectivity index (χ0) is 24.3. The van der Waals surface area contributed by atoms with E-state index in [0.29, 0.717) is 23.5 Å². The Hall–Kier alpha value is -2.48. The van der Waals surface area contributed by atoms with E-state index in [1.165, 1.54) is 44.1 Å². The number of hydrogen-bond donors (Lipinski definition) is 2. The predicted octanol–water partition coefficient (Wildman–Crippen LogP) is 5.25. The van der Waals surface area contributed by atoms with E-state index < -0.39 is 0 Å². The highest BCUT2D eigenvalue weighted by molar-refractivity contribution is 7.80. The van der Waals surface area contributed by atoms with Crippen molar-refractivity contribution in [3.05, 3.63) is 41.7 Å². The fraction of sp³-hybridized carbons (Fsp3) is 0.593. The fourth-order valence-corrected chi connectivity index (χ4v) is 6.13. The van der Waals surface area contributed by atoms with Crippen LogP contribution in [0.3, 0.4) is 0 Å². The van der Waals surface area contributed by atoms with Crippen molar-refractivity contribution in [1.82, 2.24) is 15.3 Å². The maximum atomic E-state index is 13.5. The highest BCUT2D eigenvalue weighted by Gasteiger charge is 2.35. The Kier molecular flexibility index (Phi) is 7.37. The maximum Gasteiger partial charge on any atom is 0.232 e. The van der Waals surface area contributed by atoms with Gasteiger partial charge in [0.1, 0.15) is 17.5 Å². The van der Waals surface area contributed by atoms with E-state index in [1.807, 2.05) is 12.1 Å². The number of anilines is 3. The van der Waals surface area contributed by atoms with Gasteiger partial charge in [-0.25, -0.2) is 4.39 Å². The van der Waals surface area contributed by atoms with Gasteiger partial charge in [0, 0.05) is 44.2 Å². The van der Waals surface area contributed by atoms with Crippen LogP contribution in [0.2, 0.25) is 0 Å². The lowest BCUT2D eigenvalue weighted by Gasteiger charge is -2.33. The van der Waals surface area contributed by atoms with Crippen LogP contribution in [-0.4, -0.2) is 47.8 Å². The van der Waals surface area contributed by atoms with Gasteiger partial charge in [0.15, 0.2) is 5.11 Å². The van der Waals surface area contributed by atoms with Crippen LogP contribution in [0.5, 0.6) is 0 Å². The van der Waals surface area contributed by atoms with E-state index in [1.54, 1.807) is 12.1 Å². The van der Waals surface area contributed by atoms with Gasteiger partial charge in [-0.2, -0.15) is 9.97 Å². The van der Waals surface area contributed by atoms with Crippen molar-refractivity contribution >= 4 is 34.9 Å². The van der Waals surface area contributed by atoms with Crippen LogP contribution >= 0.6 is 12.2 Å². The molecule has 2 aliphatic heterocycles. The fourth-order valence-electron chi connectivity index (χ4n) is 5.96. The molecule has 2 N–H and O–H groups in total. The molecule has 0 unspecified atom stereocenters. The van der Waals surface area contributed by atoms with Crippen molar-refractivity contribution < 1.29 is 4.39 Å². The molecule has 8 heteroatoms. The predicted molar refractivity (Wildman–Crippen MR) is 145 cm³/mol. The molecular weight excluding hydrogens is 459 g/mol. The molecule has 1 aliphatic carbocycles. The molecule has 0 bridgehead atoms. The summed E-state index contributed by atoms with van der Waals surface area (Å²) in [7, 11) is 0. The highest BCUT2D eigenvalue weighted by atomic mass is 32.1. The molecule has 3 fully saturated rings. The Morgan fingerprint density at radius 1 is 1.00 bits per heavy atom. The minimum atomic E-state index is -0.194. The zero-order valence-electron chi connectivity index (χ0n) is 20.7. The molecule has 3 aliphatic rings. The van der Waals surface area contributed by atoms with Gasteiger partial charge in [0.05, 0.1) is 0 Å². The molecule has 2 aromatic rings. The van der Waals surface area contributed by atoms with Crippen LogP contribution in [0.15, 0.2) is 30.3 Å². The third-order valence-corrected chi connectivity index (χ3v) is 8.19. The Labute approximate surface area is 213 Å². The molecule has 5 rings (SSSR count). The standard InChI is InChI=1S/C27H37FN6S/c1-20-7-6-16-34(18-20)24-17-23(33-14-4-5-15-33)30-25(31-24)32-26(35)29-19-27(12-2-3-13-27)21-8-10-22(28)11-9-21/h8-11,17,20H,2-7,12-16,18-19H2,1H3,(H2,29,30,31,32,35)/t20-/m1/s1. The largest absolute Gasteiger partial charge is 0.361 e. The van der Waals surface area contributed by atoms with Crippen molar-refractivity contribution in [1.29, 1.82) is 0 Å². The van der Waals surface area contributed by atoms with Crippen LogP contribution in [0.4, 0.5) is 22.0 Å². The summed E-state index contributed by atoms with van der Waals surface area (Å²) in [6.45, 7) is 7.16. The second kappa shape index (κ2) is 10.6. The number of aromatic nitrogens is 2. The second-order valence-electron chi connectivity index (χ2n) is 10.6. The molecule has 1 saturated carbocycles. The summed E-state index contributed by atoms with van der Waals surface area (Å²) in [5.41, 5.74) is 1.16. The number of piperidine rings is 1. The Morgan fingerprint density at radius 3 is 2.34 bits per heavy atom. The monoisotopic (exact) mass is 496 g/mol. The Bertz CT molecular complexity index is 1020. The number of thiocarbonyl (C=S) groups is 1. The molecule has 0 amide bonds. The highest BCUT2D eigenvalue weighted by Crippen LogP contribution is 2.40. The average molecular weight is 497 g/mol. The molecule has 35 heavy (non-hydrogen) atoms. The van der Waals surface area contributed by atoms with Crippen molar-refractivity contribution in [2.45, 2.75) is 63.7 Å². The van der Waals surface area contributed by atoms with Crippen molar-refractivity contribution in [3.8, 4) is 0 Å². The maximum absolute atomic E-state index is 13.5. The van der Waals surface area contributed by atoms with Gasteiger partial charge >= 0.3 is 0 Å². The molecule has 6 nitrogen and oxygen atoms in total. The molecule has 0 radical (unpaired) electrons. The molecular formula is C27H37FN6S. The van der Waals surface area contributed by atoms with E-state index in [0.717, 1.165) is 50.7 Å². The van der Waals surface area contributed by atoms with Gasteiger partial charge in [-0.15, -0.1) is 0 Å². The molecule has 1 aromatic heterocycles. The minimum absolute atomic E-state index is 0.0210. The third-order valence-electron chi connectivity index (χ3n) is 7.94. The summed E-state index contributed by atoms with van der Waals surface area (Å²) < 4.78 is 13.5. The molecule has 1 aromatic carbocycles. The first kappa shape index (κ1) is 24.2. The van der Waals surface area contributed by atoms with Crippen molar-refractivity contribution in [3.63, 3.8) is 0 Å². The van der Waals surface area contributed by atoms with Gasteiger partial charge in [-0.05, 0) is 74.4 Å². The van der Waals surface area contributed by atoms with Gasteiger partial charge in [0.25, 0.3) is 0 Å². The number of hydrogen-bond acceptors (Lipinski definition) is 5. The SMILES string of the molecule is C[C@@H]1CCCN(c2cc(N3CCCC3)nc(NC(=S)NCC3(c4ccc(F)cc4)CCCC3)n2)C1. The van der Waals surface area contributed by atoms with Gasteiger partial charge < -0.3 is 20.4 Å². The molecule has 0 spiro atoms. The topological polar surface area (TPSA) is 56.3 Å². The number of rotatable bonds is 6. The van der Waals surface area contributed by atoms with E-state index >= 15 is 0 Å². The van der Waals surface area contributed by atoms with Gasteiger partial charge in [-0.1, -0.05) is 31.9 Å². The van der Waals surface area contributed by atoms with E-state index in [4.69, 9.17) is 22.2 Å². The van der Waals surface area contributed by atoms with Crippen LogP contribution in [0.1, 0.15) is 63.9 Å². The van der Waals surface area contributed by atoms with Gasteiger partial charge in [0.2, 0.25) is 5.95 Å². The van der Waals surface area contributed by atoms with E-state index in [2.05, 4.69) is 33.4 Å². The molecule has 2 saturated heterocycles. The molecule has 1 atom stereocenters. The van der Waals surface area contributed by atoms with Crippen LogP contribution in [0, 0.1) is 11.7 Å². The van der Waals surface area contributed by atoms with Crippen LogP contribution in [-0.2, 0) is 5.41 Å². The molecule has 188 valence electrons. The zero-order valence-corrected chi connectivity index (χ0v) is 21.5. The number of nitrogens with zero attached hydrogens (tertiary/aromatic N) is 4. The van der Waals surface area contributed by atoms with Crippen LogP contribution in [0.25, 0.3) is 0 Å². The lowest BCUT2D eigenvalue weighted by molar-refractivity contribution is 0.434. The summed E-state index contributed by atoms with van der Waals surface area (Å²) in [5.74, 6) is 3.00. The van der Waals surface area contributed by atoms with Crippen molar-refractivity contribution in [2.24, 2.45) is 5.92 Å². The number of nitrogens with one attached hydrogen (secondary N) is 2. The minimum Gasteiger partial charge on any atom is -0.361 e. The summed E-state index contributed by atoms with van der Waals surface area (Å²) in [6, 6.07) is 9.12. The van der Waals surface area contributed by atoms with Crippen molar-refractivity contribution in [2.75, 3.05) is 47.8 Å². The lowest BCUT2D eigenvalue weighted by atomic mass is 9.79. The van der Waals surface area contributed by atoms with E-state index in [9.17, 15) is 4.39 Å². The summed E-state index contributed by atoms with van der Waals surface area (Å²) in [5, 5.41) is 7.26. The summed E-state index contributed by atoms with van der Waals surface area (Å²) in [4.78, 5) is 14.5. The van der Waals surface area contributed by atoms with E-state index in [-0.39, 0.29) is 11.2 Å². The van der Waals surface area contributed by atoms with Gasteiger partial charge in [-0.3, -0.25) is 0 Å². The summed E-state index contributed by atoms with van der Waals surface area (Å²) >= 11 is 5.70. The first-order valence-electron chi connectivity index (χ1n) is 13.2. The second-order valence-corrected chi connectivity index (χ2v) is 11.0.